The van der Waals surface area contributed by atoms with E-state index in [-0.39, 0.29) is 17.8 Å². The third-order valence-electron chi connectivity index (χ3n) is 4.26. The summed E-state index contributed by atoms with van der Waals surface area (Å²) in [6.07, 6.45) is 1.39. The molecule has 0 aliphatic carbocycles. The maximum absolute atomic E-state index is 12.3. The Morgan fingerprint density at radius 3 is 2.71 bits per heavy atom. The van der Waals surface area contributed by atoms with Gasteiger partial charge in [0.05, 0.1) is 5.75 Å². The molecule has 1 atom stereocenters. The zero-order chi connectivity index (χ0) is 22.2. The molecule has 0 spiro atoms. The molecule has 0 fully saturated rings. The van der Waals surface area contributed by atoms with Crippen molar-refractivity contribution in [3.63, 3.8) is 0 Å². The first kappa shape index (κ1) is 23.2. The van der Waals surface area contributed by atoms with Gasteiger partial charge in [0.25, 0.3) is 0 Å². The number of hydrogen-bond donors (Lipinski definition) is 1. The molecule has 2 aromatic carbocycles. The number of nitrogens with zero attached hydrogens (tertiary/aromatic N) is 3. The number of thioether (sulfide) groups is 1. The van der Waals surface area contributed by atoms with Gasteiger partial charge in [-0.15, -0.1) is 16.8 Å². The lowest BCUT2D eigenvalue weighted by atomic mass is 10.2. The van der Waals surface area contributed by atoms with Crippen molar-refractivity contribution in [1.29, 1.82) is 0 Å². The molecule has 6 nitrogen and oxygen atoms in total. The number of carbonyl (C=O) groups excluding carboxylic acids is 1. The number of halogens is 2. The molecule has 0 bridgehead atoms. The first-order chi connectivity index (χ1) is 15.0. The van der Waals surface area contributed by atoms with Gasteiger partial charge in [-0.2, -0.15) is 0 Å². The molecule has 1 amide bonds. The maximum atomic E-state index is 12.3. The standard InChI is InChI=1S/C22H22Cl2N4O2S/c1-3-11-28-21(15(2)30-19-6-4-5-18(24)12-19)26-27-22(28)31-14-20(29)25-13-16-7-9-17(23)10-8-16/h3-10,12,15H,1,11,13-14H2,2H3,(H,25,29). The lowest BCUT2D eigenvalue weighted by Gasteiger charge is -2.16. The van der Waals surface area contributed by atoms with Gasteiger partial charge in [0, 0.05) is 23.1 Å². The van der Waals surface area contributed by atoms with Gasteiger partial charge in [-0.05, 0) is 42.8 Å². The summed E-state index contributed by atoms with van der Waals surface area (Å²) in [4.78, 5) is 12.3. The van der Waals surface area contributed by atoms with Crippen molar-refractivity contribution in [3.8, 4) is 5.75 Å². The number of allylic oxidation sites excluding steroid dienone is 1. The van der Waals surface area contributed by atoms with E-state index in [4.69, 9.17) is 27.9 Å². The lowest BCUT2D eigenvalue weighted by molar-refractivity contribution is -0.118. The van der Waals surface area contributed by atoms with Crippen LogP contribution in [0.4, 0.5) is 0 Å². The smallest absolute Gasteiger partial charge is 0.230 e. The summed E-state index contributed by atoms with van der Waals surface area (Å²) in [6.45, 7) is 6.63. The fraction of sp³-hybridized carbons (Fsp3) is 0.227. The second kappa shape index (κ2) is 11.2. The van der Waals surface area contributed by atoms with E-state index >= 15 is 0 Å². The first-order valence-electron chi connectivity index (χ1n) is 9.56. The fourth-order valence-electron chi connectivity index (χ4n) is 2.79. The van der Waals surface area contributed by atoms with E-state index in [1.165, 1.54) is 11.8 Å². The van der Waals surface area contributed by atoms with Crippen molar-refractivity contribution in [3.05, 3.63) is 82.6 Å². The first-order valence-corrected chi connectivity index (χ1v) is 11.3. The zero-order valence-corrected chi connectivity index (χ0v) is 19.3. The van der Waals surface area contributed by atoms with Crippen LogP contribution in [0, 0.1) is 0 Å². The Balaban J connectivity index is 1.60. The minimum absolute atomic E-state index is 0.0992. The topological polar surface area (TPSA) is 69.0 Å². The molecule has 3 rings (SSSR count). The highest BCUT2D eigenvalue weighted by atomic mass is 35.5. The quantitative estimate of drug-likeness (QED) is 0.316. The van der Waals surface area contributed by atoms with Crippen LogP contribution in [0.25, 0.3) is 0 Å². The summed E-state index contributed by atoms with van der Waals surface area (Å²) in [7, 11) is 0. The van der Waals surface area contributed by atoms with Crippen LogP contribution < -0.4 is 10.1 Å². The van der Waals surface area contributed by atoms with Crippen LogP contribution in [0.3, 0.4) is 0 Å². The number of ether oxygens (including phenoxy) is 1. The highest BCUT2D eigenvalue weighted by Crippen LogP contribution is 2.26. The molecule has 3 aromatic rings. The molecular weight excluding hydrogens is 455 g/mol. The van der Waals surface area contributed by atoms with Crippen molar-refractivity contribution in [1.82, 2.24) is 20.1 Å². The Morgan fingerprint density at radius 1 is 1.23 bits per heavy atom. The number of aromatic nitrogens is 3. The molecule has 1 N–H and O–H groups in total. The fourth-order valence-corrected chi connectivity index (χ4v) is 3.88. The number of nitrogens with one attached hydrogen (secondary N) is 1. The number of amides is 1. The van der Waals surface area contributed by atoms with Crippen LogP contribution in [0.2, 0.25) is 10.0 Å². The Labute approximate surface area is 195 Å². The SMILES string of the molecule is C=CCn1c(SCC(=O)NCc2ccc(Cl)cc2)nnc1C(C)Oc1cccc(Cl)c1. The molecule has 1 aromatic heterocycles. The molecule has 0 aliphatic heterocycles. The van der Waals surface area contributed by atoms with E-state index < -0.39 is 0 Å². The maximum Gasteiger partial charge on any atom is 0.230 e. The summed E-state index contributed by atoms with van der Waals surface area (Å²) in [5, 5.41) is 13.3. The summed E-state index contributed by atoms with van der Waals surface area (Å²) < 4.78 is 7.85. The lowest BCUT2D eigenvalue weighted by Crippen LogP contribution is -2.24. The highest BCUT2D eigenvalue weighted by Gasteiger charge is 2.20. The second-order valence-corrected chi connectivity index (χ2v) is 8.46. The van der Waals surface area contributed by atoms with Gasteiger partial charge >= 0.3 is 0 Å². The molecule has 162 valence electrons. The number of rotatable bonds is 10. The minimum Gasteiger partial charge on any atom is -0.483 e. The van der Waals surface area contributed by atoms with E-state index in [0.29, 0.717) is 39.9 Å². The van der Waals surface area contributed by atoms with Gasteiger partial charge in [0.15, 0.2) is 17.1 Å². The van der Waals surface area contributed by atoms with E-state index in [2.05, 4.69) is 22.1 Å². The summed E-state index contributed by atoms with van der Waals surface area (Å²) in [5.74, 6) is 1.40. The summed E-state index contributed by atoms with van der Waals surface area (Å²) in [5.41, 5.74) is 0.979. The molecule has 9 heteroatoms. The van der Waals surface area contributed by atoms with Crippen molar-refractivity contribution in [2.75, 3.05) is 5.75 Å². The molecule has 31 heavy (non-hydrogen) atoms. The van der Waals surface area contributed by atoms with E-state index in [0.717, 1.165) is 5.56 Å². The Bertz CT molecular complexity index is 1040. The van der Waals surface area contributed by atoms with Crippen LogP contribution in [-0.2, 0) is 17.9 Å². The molecule has 0 radical (unpaired) electrons. The van der Waals surface area contributed by atoms with Crippen molar-refractivity contribution in [2.45, 2.75) is 31.3 Å². The van der Waals surface area contributed by atoms with Crippen molar-refractivity contribution >= 4 is 40.9 Å². The Hall–Kier alpha value is -2.48. The summed E-state index contributed by atoms with van der Waals surface area (Å²) >= 11 is 13.2. The van der Waals surface area contributed by atoms with Gasteiger partial charge in [0.2, 0.25) is 5.91 Å². The minimum atomic E-state index is -0.362. The van der Waals surface area contributed by atoms with Crippen LogP contribution in [-0.4, -0.2) is 26.4 Å². The summed E-state index contributed by atoms with van der Waals surface area (Å²) in [6, 6.07) is 14.5. The highest BCUT2D eigenvalue weighted by molar-refractivity contribution is 7.99. The third kappa shape index (κ3) is 6.75. The average Bonchev–Trinajstić information content (AvgIpc) is 3.15. The van der Waals surface area contributed by atoms with Gasteiger partial charge in [-0.3, -0.25) is 9.36 Å². The predicted octanol–water partition coefficient (Wildman–Crippen LogP) is 5.32. The number of carbonyl (C=O) groups is 1. The van der Waals surface area contributed by atoms with E-state index in [9.17, 15) is 4.79 Å². The molecule has 1 heterocycles. The van der Waals surface area contributed by atoms with E-state index in [1.54, 1.807) is 30.3 Å². The van der Waals surface area contributed by atoms with E-state index in [1.807, 2.05) is 35.8 Å². The van der Waals surface area contributed by atoms with Gasteiger partial charge < -0.3 is 10.1 Å². The number of hydrogen-bond acceptors (Lipinski definition) is 5. The van der Waals surface area contributed by atoms with Crippen LogP contribution in [0.5, 0.6) is 5.75 Å². The molecule has 0 saturated heterocycles. The van der Waals surface area contributed by atoms with Crippen molar-refractivity contribution < 1.29 is 9.53 Å². The van der Waals surface area contributed by atoms with Crippen LogP contribution >= 0.6 is 35.0 Å². The van der Waals surface area contributed by atoms with Crippen LogP contribution in [0.1, 0.15) is 24.4 Å². The predicted molar refractivity (Wildman–Crippen MR) is 125 cm³/mol. The molecular formula is C22H22Cl2N4O2S. The largest absolute Gasteiger partial charge is 0.483 e. The average molecular weight is 477 g/mol. The van der Waals surface area contributed by atoms with Crippen LogP contribution in [0.15, 0.2) is 66.3 Å². The van der Waals surface area contributed by atoms with Gasteiger partial charge in [-0.1, -0.05) is 59.2 Å². The molecule has 1 unspecified atom stereocenters. The Morgan fingerprint density at radius 2 is 2.00 bits per heavy atom. The molecule has 0 saturated carbocycles. The molecule has 0 aliphatic rings. The zero-order valence-electron chi connectivity index (χ0n) is 16.9. The second-order valence-electron chi connectivity index (χ2n) is 6.65. The monoisotopic (exact) mass is 476 g/mol. The van der Waals surface area contributed by atoms with Crippen molar-refractivity contribution in [2.24, 2.45) is 0 Å². The third-order valence-corrected chi connectivity index (χ3v) is 5.72. The van der Waals surface area contributed by atoms with Gasteiger partial charge in [-0.25, -0.2) is 0 Å². The van der Waals surface area contributed by atoms with Gasteiger partial charge in [0.1, 0.15) is 5.75 Å². The number of benzene rings is 2. The Kier molecular flexibility index (Phi) is 8.40. The normalized spacial score (nSPS) is 11.7.